The fourth-order valence-electron chi connectivity index (χ4n) is 3.23. The third-order valence-corrected chi connectivity index (χ3v) is 4.79. The molecule has 1 aromatic heterocycles. The summed E-state index contributed by atoms with van der Waals surface area (Å²) in [5, 5.41) is 7.39. The second kappa shape index (κ2) is 8.83. The van der Waals surface area contributed by atoms with Crippen molar-refractivity contribution < 1.29 is 9.53 Å². The molecule has 31 heavy (non-hydrogen) atoms. The van der Waals surface area contributed by atoms with Crippen molar-refractivity contribution in [3.05, 3.63) is 89.7 Å². The van der Waals surface area contributed by atoms with Gasteiger partial charge in [-0.3, -0.25) is 4.79 Å². The van der Waals surface area contributed by atoms with Crippen LogP contribution in [0.4, 0.5) is 5.69 Å². The van der Waals surface area contributed by atoms with Crippen LogP contribution in [0, 0.1) is 13.8 Å². The first kappa shape index (κ1) is 20.3. The third kappa shape index (κ3) is 4.64. The largest absolute Gasteiger partial charge is 0.494 e. The number of aryl methyl sites for hydroxylation is 2. The summed E-state index contributed by atoms with van der Waals surface area (Å²) in [5.74, 6) is 1.10. The average molecular weight is 412 g/mol. The maximum absolute atomic E-state index is 12.9. The zero-order valence-corrected chi connectivity index (χ0v) is 17.8. The zero-order valence-electron chi connectivity index (χ0n) is 17.8. The van der Waals surface area contributed by atoms with E-state index in [1.807, 2.05) is 81.4 Å². The highest BCUT2D eigenvalue weighted by atomic mass is 16.5. The molecule has 0 aliphatic heterocycles. The molecule has 156 valence electrons. The SMILES string of the molecule is CCOc1ccc(NC(=O)c2nc(-c3cccc(C)c3)n(-c3ccc(C)cc3)n2)cc1. The van der Waals surface area contributed by atoms with Gasteiger partial charge in [-0.25, -0.2) is 9.67 Å². The van der Waals surface area contributed by atoms with E-state index in [1.54, 1.807) is 16.8 Å². The van der Waals surface area contributed by atoms with Crippen LogP contribution in [0.25, 0.3) is 17.1 Å². The molecule has 1 amide bonds. The molecule has 1 heterocycles. The summed E-state index contributed by atoms with van der Waals surface area (Å²) >= 11 is 0. The van der Waals surface area contributed by atoms with E-state index in [2.05, 4.69) is 15.4 Å². The highest BCUT2D eigenvalue weighted by molar-refractivity contribution is 6.01. The summed E-state index contributed by atoms with van der Waals surface area (Å²) in [4.78, 5) is 17.5. The molecule has 0 fully saturated rings. The standard InChI is InChI=1S/C25H24N4O2/c1-4-31-22-14-10-20(11-15-22)26-25(30)23-27-24(19-7-5-6-18(3)16-19)29(28-23)21-12-8-17(2)9-13-21/h5-16H,4H2,1-3H3,(H,26,30). The van der Waals surface area contributed by atoms with Crippen molar-refractivity contribution in [2.75, 3.05) is 11.9 Å². The molecule has 6 nitrogen and oxygen atoms in total. The predicted octanol–water partition coefficient (Wildman–Crippen LogP) is 5.20. The minimum absolute atomic E-state index is 0.103. The molecule has 0 saturated heterocycles. The van der Waals surface area contributed by atoms with Crippen LogP contribution in [-0.2, 0) is 0 Å². The second-order valence-corrected chi connectivity index (χ2v) is 7.29. The van der Waals surface area contributed by atoms with E-state index in [0.717, 1.165) is 28.1 Å². The fourth-order valence-corrected chi connectivity index (χ4v) is 3.23. The fraction of sp³-hybridized carbons (Fsp3) is 0.160. The number of amides is 1. The van der Waals surface area contributed by atoms with Crippen LogP contribution in [0.2, 0.25) is 0 Å². The lowest BCUT2D eigenvalue weighted by Crippen LogP contribution is -2.14. The smallest absolute Gasteiger partial charge is 0.295 e. The topological polar surface area (TPSA) is 69.0 Å². The number of hydrogen-bond acceptors (Lipinski definition) is 4. The lowest BCUT2D eigenvalue weighted by atomic mass is 10.1. The highest BCUT2D eigenvalue weighted by Crippen LogP contribution is 2.23. The monoisotopic (exact) mass is 412 g/mol. The molecule has 3 aromatic carbocycles. The van der Waals surface area contributed by atoms with Crippen LogP contribution in [0.15, 0.2) is 72.8 Å². The molecular weight excluding hydrogens is 388 g/mol. The lowest BCUT2D eigenvalue weighted by molar-refractivity contribution is 0.101. The van der Waals surface area contributed by atoms with Gasteiger partial charge in [0.15, 0.2) is 5.82 Å². The Labute approximate surface area is 181 Å². The number of nitrogens with zero attached hydrogens (tertiary/aromatic N) is 3. The summed E-state index contributed by atoms with van der Waals surface area (Å²) in [6.45, 7) is 6.57. The Morgan fingerprint density at radius 2 is 1.71 bits per heavy atom. The molecule has 0 saturated carbocycles. The van der Waals surface area contributed by atoms with Crippen LogP contribution in [-0.4, -0.2) is 27.3 Å². The van der Waals surface area contributed by atoms with Gasteiger partial charge in [0, 0.05) is 11.3 Å². The van der Waals surface area contributed by atoms with Gasteiger partial charge in [-0.1, -0.05) is 41.5 Å². The molecule has 4 aromatic rings. The Hall–Kier alpha value is -3.93. The van der Waals surface area contributed by atoms with Crippen LogP contribution in [0.1, 0.15) is 28.7 Å². The number of benzene rings is 3. The summed E-state index contributed by atoms with van der Waals surface area (Å²) in [6.07, 6.45) is 0. The van der Waals surface area contributed by atoms with Crippen molar-refractivity contribution in [1.82, 2.24) is 14.8 Å². The van der Waals surface area contributed by atoms with Gasteiger partial charge in [0.05, 0.1) is 12.3 Å². The Morgan fingerprint density at radius 1 is 0.968 bits per heavy atom. The Balaban J connectivity index is 1.68. The van der Waals surface area contributed by atoms with Crippen molar-refractivity contribution in [2.24, 2.45) is 0 Å². The van der Waals surface area contributed by atoms with Gasteiger partial charge in [0.2, 0.25) is 5.82 Å². The number of anilines is 1. The maximum atomic E-state index is 12.9. The van der Waals surface area contributed by atoms with Crippen molar-refractivity contribution in [2.45, 2.75) is 20.8 Å². The predicted molar refractivity (Wildman–Crippen MR) is 122 cm³/mol. The number of carbonyl (C=O) groups is 1. The van der Waals surface area contributed by atoms with E-state index in [4.69, 9.17) is 4.74 Å². The number of carbonyl (C=O) groups excluding carboxylic acids is 1. The van der Waals surface area contributed by atoms with E-state index in [9.17, 15) is 4.79 Å². The second-order valence-electron chi connectivity index (χ2n) is 7.29. The van der Waals surface area contributed by atoms with Crippen LogP contribution < -0.4 is 10.1 Å². The van der Waals surface area contributed by atoms with Gasteiger partial charge < -0.3 is 10.1 Å². The summed E-state index contributed by atoms with van der Waals surface area (Å²) < 4.78 is 7.15. The van der Waals surface area contributed by atoms with E-state index >= 15 is 0 Å². The summed E-state index contributed by atoms with van der Waals surface area (Å²) in [7, 11) is 0. The lowest BCUT2D eigenvalue weighted by Gasteiger charge is -2.07. The van der Waals surface area contributed by atoms with Crippen LogP contribution in [0.3, 0.4) is 0 Å². The molecule has 6 heteroatoms. The summed E-state index contributed by atoms with van der Waals surface area (Å²) in [6, 6.07) is 23.2. The number of rotatable bonds is 6. The number of aromatic nitrogens is 3. The minimum atomic E-state index is -0.371. The molecule has 0 unspecified atom stereocenters. The molecule has 0 aliphatic carbocycles. The van der Waals surface area contributed by atoms with Gasteiger partial charge >= 0.3 is 0 Å². The molecule has 0 aliphatic rings. The van der Waals surface area contributed by atoms with Gasteiger partial charge in [0.1, 0.15) is 5.75 Å². The van der Waals surface area contributed by atoms with Crippen molar-refractivity contribution >= 4 is 11.6 Å². The molecule has 0 radical (unpaired) electrons. The first-order valence-electron chi connectivity index (χ1n) is 10.2. The summed E-state index contributed by atoms with van der Waals surface area (Å²) in [5.41, 5.74) is 4.64. The van der Waals surface area contributed by atoms with Gasteiger partial charge in [-0.05, 0) is 63.2 Å². The van der Waals surface area contributed by atoms with Gasteiger partial charge in [-0.2, -0.15) is 0 Å². The Morgan fingerprint density at radius 3 is 2.39 bits per heavy atom. The molecule has 0 bridgehead atoms. The molecule has 1 N–H and O–H groups in total. The molecule has 0 spiro atoms. The van der Waals surface area contributed by atoms with Gasteiger partial charge in [-0.15, -0.1) is 5.10 Å². The number of hydrogen-bond donors (Lipinski definition) is 1. The van der Waals surface area contributed by atoms with E-state index in [-0.39, 0.29) is 11.7 Å². The minimum Gasteiger partial charge on any atom is -0.494 e. The van der Waals surface area contributed by atoms with Crippen LogP contribution in [0.5, 0.6) is 5.75 Å². The Bertz CT molecular complexity index is 1200. The van der Waals surface area contributed by atoms with E-state index in [1.165, 1.54) is 0 Å². The Kier molecular flexibility index (Phi) is 5.80. The van der Waals surface area contributed by atoms with E-state index in [0.29, 0.717) is 18.1 Å². The number of ether oxygens (including phenoxy) is 1. The molecular formula is C25H24N4O2. The maximum Gasteiger partial charge on any atom is 0.295 e. The van der Waals surface area contributed by atoms with Crippen molar-refractivity contribution in [1.29, 1.82) is 0 Å². The van der Waals surface area contributed by atoms with Crippen molar-refractivity contribution in [3.63, 3.8) is 0 Å². The van der Waals surface area contributed by atoms with Gasteiger partial charge in [0.25, 0.3) is 5.91 Å². The van der Waals surface area contributed by atoms with E-state index < -0.39 is 0 Å². The molecule has 0 atom stereocenters. The normalized spacial score (nSPS) is 10.7. The van der Waals surface area contributed by atoms with Crippen LogP contribution >= 0.6 is 0 Å². The van der Waals surface area contributed by atoms with Crippen molar-refractivity contribution in [3.8, 4) is 22.8 Å². The third-order valence-electron chi connectivity index (χ3n) is 4.79. The average Bonchev–Trinajstić information content (AvgIpc) is 3.22. The first-order valence-corrected chi connectivity index (χ1v) is 10.2. The zero-order chi connectivity index (χ0) is 21.8. The number of nitrogens with one attached hydrogen (secondary N) is 1. The first-order chi connectivity index (χ1) is 15.0. The highest BCUT2D eigenvalue weighted by Gasteiger charge is 2.19. The molecule has 4 rings (SSSR count). The quantitative estimate of drug-likeness (QED) is 0.472.